The third-order valence-corrected chi connectivity index (χ3v) is 2.87. The Morgan fingerprint density at radius 1 is 1.37 bits per heavy atom. The molecule has 5 nitrogen and oxygen atoms in total. The number of ether oxygens (including phenoxy) is 1. The van der Waals surface area contributed by atoms with Gasteiger partial charge in [0.15, 0.2) is 5.82 Å². The molecule has 2 heterocycles. The summed E-state index contributed by atoms with van der Waals surface area (Å²) in [5.74, 6) is 1.58. The molecule has 0 amide bonds. The van der Waals surface area contributed by atoms with Crippen LogP contribution in [0, 0.1) is 0 Å². The van der Waals surface area contributed by atoms with Crippen molar-refractivity contribution < 1.29 is 4.74 Å². The molecule has 0 aliphatic carbocycles. The van der Waals surface area contributed by atoms with Crippen LogP contribution < -0.4 is 0 Å². The molecule has 0 spiro atoms. The quantitative estimate of drug-likeness (QED) is 0.763. The van der Waals surface area contributed by atoms with Crippen molar-refractivity contribution in [3.63, 3.8) is 0 Å². The Morgan fingerprint density at radius 2 is 2.21 bits per heavy atom. The molecule has 0 aliphatic rings. The van der Waals surface area contributed by atoms with Crippen LogP contribution in [0.4, 0.5) is 0 Å². The predicted molar refractivity (Wildman–Crippen MR) is 73.1 cm³/mol. The van der Waals surface area contributed by atoms with Crippen LogP contribution in [0.5, 0.6) is 0 Å². The van der Waals surface area contributed by atoms with Crippen molar-refractivity contribution in [3.8, 4) is 0 Å². The average Bonchev–Trinajstić information content (AvgIpc) is 2.77. The average molecular weight is 281 g/mol. The van der Waals surface area contributed by atoms with Gasteiger partial charge in [-0.2, -0.15) is 0 Å². The fourth-order valence-corrected chi connectivity index (χ4v) is 2.14. The SMILES string of the molecule is CCCn1ccnc1Cc1cc(Cl)nc(COC)n1. The van der Waals surface area contributed by atoms with E-state index in [-0.39, 0.29) is 0 Å². The second kappa shape index (κ2) is 6.63. The molecule has 0 saturated heterocycles. The van der Waals surface area contributed by atoms with E-state index >= 15 is 0 Å². The van der Waals surface area contributed by atoms with E-state index in [0.717, 1.165) is 24.5 Å². The van der Waals surface area contributed by atoms with Crippen LogP contribution in [-0.4, -0.2) is 26.6 Å². The zero-order valence-corrected chi connectivity index (χ0v) is 11.9. The fraction of sp³-hybridized carbons (Fsp3) is 0.462. The Balaban J connectivity index is 2.20. The maximum absolute atomic E-state index is 5.99. The molecule has 0 N–H and O–H groups in total. The lowest BCUT2D eigenvalue weighted by Gasteiger charge is -2.07. The van der Waals surface area contributed by atoms with Crippen molar-refractivity contribution in [2.24, 2.45) is 0 Å². The minimum absolute atomic E-state index is 0.358. The number of hydrogen-bond donors (Lipinski definition) is 0. The van der Waals surface area contributed by atoms with Crippen molar-refractivity contribution in [3.05, 3.63) is 41.0 Å². The molecule has 102 valence electrons. The van der Waals surface area contributed by atoms with Crippen LogP contribution in [0.1, 0.15) is 30.7 Å². The molecule has 0 aromatic carbocycles. The molecular formula is C13H17ClN4O. The molecule has 0 aliphatic heterocycles. The summed E-state index contributed by atoms with van der Waals surface area (Å²) in [6, 6.07) is 1.77. The zero-order chi connectivity index (χ0) is 13.7. The molecule has 2 rings (SSSR count). The van der Waals surface area contributed by atoms with Gasteiger partial charge >= 0.3 is 0 Å². The highest BCUT2D eigenvalue weighted by Gasteiger charge is 2.08. The molecular weight excluding hydrogens is 264 g/mol. The van der Waals surface area contributed by atoms with Gasteiger partial charge in [-0.15, -0.1) is 0 Å². The Bertz CT molecular complexity index is 541. The van der Waals surface area contributed by atoms with Gasteiger partial charge in [-0.25, -0.2) is 15.0 Å². The third-order valence-electron chi connectivity index (χ3n) is 2.67. The third kappa shape index (κ3) is 3.75. The lowest BCUT2D eigenvalue weighted by molar-refractivity contribution is 0.177. The van der Waals surface area contributed by atoms with E-state index < -0.39 is 0 Å². The van der Waals surface area contributed by atoms with Gasteiger partial charge in [-0.3, -0.25) is 0 Å². The van der Waals surface area contributed by atoms with Crippen molar-refractivity contribution in [2.45, 2.75) is 32.9 Å². The first-order valence-electron chi connectivity index (χ1n) is 6.24. The Kier molecular flexibility index (Phi) is 4.87. The highest BCUT2D eigenvalue weighted by molar-refractivity contribution is 6.29. The summed E-state index contributed by atoms with van der Waals surface area (Å²) >= 11 is 5.99. The summed E-state index contributed by atoms with van der Waals surface area (Å²) < 4.78 is 7.16. The summed E-state index contributed by atoms with van der Waals surface area (Å²) in [4.78, 5) is 12.9. The van der Waals surface area contributed by atoms with Gasteiger partial charge < -0.3 is 9.30 Å². The van der Waals surface area contributed by atoms with Gasteiger partial charge in [0.1, 0.15) is 17.6 Å². The summed E-state index contributed by atoms with van der Waals surface area (Å²) in [7, 11) is 1.61. The van der Waals surface area contributed by atoms with E-state index in [1.807, 2.05) is 12.4 Å². The number of rotatable bonds is 6. The number of aromatic nitrogens is 4. The normalized spacial score (nSPS) is 10.9. The first kappa shape index (κ1) is 14.0. The lowest BCUT2D eigenvalue weighted by Crippen LogP contribution is -2.07. The molecule has 19 heavy (non-hydrogen) atoms. The number of nitrogens with zero attached hydrogens (tertiary/aromatic N) is 4. The van der Waals surface area contributed by atoms with Crippen LogP contribution in [0.3, 0.4) is 0 Å². The zero-order valence-electron chi connectivity index (χ0n) is 11.1. The minimum Gasteiger partial charge on any atom is -0.377 e. The second-order valence-electron chi connectivity index (χ2n) is 4.24. The molecule has 0 bridgehead atoms. The van der Waals surface area contributed by atoms with E-state index in [2.05, 4.69) is 26.4 Å². The van der Waals surface area contributed by atoms with Crippen LogP contribution in [0.2, 0.25) is 5.15 Å². The monoisotopic (exact) mass is 280 g/mol. The number of methoxy groups -OCH3 is 1. The van der Waals surface area contributed by atoms with Gasteiger partial charge in [0, 0.05) is 32.5 Å². The lowest BCUT2D eigenvalue weighted by atomic mass is 10.2. The van der Waals surface area contributed by atoms with E-state index in [1.54, 1.807) is 13.2 Å². The molecule has 0 atom stereocenters. The fourth-order valence-electron chi connectivity index (χ4n) is 1.91. The summed E-state index contributed by atoms with van der Waals surface area (Å²) in [6.45, 7) is 3.46. The van der Waals surface area contributed by atoms with Crippen LogP contribution in [0.25, 0.3) is 0 Å². The molecule has 2 aromatic rings. The Hall–Kier alpha value is -1.46. The highest BCUT2D eigenvalue weighted by Crippen LogP contribution is 2.12. The number of hydrogen-bond acceptors (Lipinski definition) is 4. The van der Waals surface area contributed by atoms with Crippen molar-refractivity contribution in [1.29, 1.82) is 0 Å². The van der Waals surface area contributed by atoms with E-state index in [9.17, 15) is 0 Å². The summed E-state index contributed by atoms with van der Waals surface area (Å²) in [6.07, 6.45) is 5.51. The maximum atomic E-state index is 5.99. The first-order chi connectivity index (χ1) is 9.22. The largest absolute Gasteiger partial charge is 0.377 e. The van der Waals surface area contributed by atoms with E-state index in [0.29, 0.717) is 24.0 Å². The van der Waals surface area contributed by atoms with Gasteiger partial charge in [0.2, 0.25) is 0 Å². The minimum atomic E-state index is 0.358. The number of aryl methyl sites for hydroxylation is 1. The number of imidazole rings is 1. The standard InChI is InChI=1S/C13H17ClN4O/c1-3-5-18-6-4-15-13(18)8-10-7-11(14)17-12(16-10)9-19-2/h4,6-7H,3,5,8-9H2,1-2H3. The molecule has 0 unspecified atom stereocenters. The maximum Gasteiger partial charge on any atom is 0.155 e. The van der Waals surface area contributed by atoms with Crippen molar-refractivity contribution >= 4 is 11.6 Å². The van der Waals surface area contributed by atoms with Gasteiger partial charge in [0.25, 0.3) is 0 Å². The van der Waals surface area contributed by atoms with Crippen LogP contribution in [0.15, 0.2) is 18.5 Å². The molecule has 2 aromatic heterocycles. The van der Waals surface area contributed by atoms with E-state index in [1.165, 1.54) is 0 Å². The van der Waals surface area contributed by atoms with Crippen LogP contribution in [-0.2, 0) is 24.3 Å². The first-order valence-corrected chi connectivity index (χ1v) is 6.62. The molecule has 0 fully saturated rings. The molecule has 6 heteroatoms. The number of halogens is 1. The topological polar surface area (TPSA) is 52.8 Å². The van der Waals surface area contributed by atoms with Crippen molar-refractivity contribution in [1.82, 2.24) is 19.5 Å². The van der Waals surface area contributed by atoms with Crippen molar-refractivity contribution in [2.75, 3.05) is 7.11 Å². The van der Waals surface area contributed by atoms with Crippen LogP contribution >= 0.6 is 11.6 Å². The highest BCUT2D eigenvalue weighted by atomic mass is 35.5. The van der Waals surface area contributed by atoms with Gasteiger partial charge in [-0.1, -0.05) is 18.5 Å². The summed E-state index contributed by atoms with van der Waals surface area (Å²) in [5, 5.41) is 0.436. The van der Waals surface area contributed by atoms with Gasteiger partial charge in [0.05, 0.1) is 5.69 Å². The summed E-state index contributed by atoms with van der Waals surface area (Å²) in [5.41, 5.74) is 0.857. The van der Waals surface area contributed by atoms with E-state index in [4.69, 9.17) is 16.3 Å². The second-order valence-corrected chi connectivity index (χ2v) is 4.63. The molecule has 0 saturated carbocycles. The molecule has 0 radical (unpaired) electrons. The predicted octanol–water partition coefficient (Wildman–Crippen LogP) is 2.47. The Labute approximate surface area is 117 Å². The van der Waals surface area contributed by atoms with Gasteiger partial charge in [-0.05, 0) is 12.5 Å². The Morgan fingerprint density at radius 3 is 2.95 bits per heavy atom. The smallest absolute Gasteiger partial charge is 0.155 e.